The van der Waals surface area contributed by atoms with Gasteiger partial charge < -0.3 is 14.0 Å². The molecule has 0 unspecified atom stereocenters. The maximum Gasteiger partial charge on any atom is 0.147 e. The molecule has 0 aliphatic rings. The van der Waals surface area contributed by atoms with E-state index in [2.05, 4.69) is 29.7 Å². The van der Waals surface area contributed by atoms with Gasteiger partial charge in [0, 0.05) is 11.6 Å². The van der Waals surface area contributed by atoms with Crippen LogP contribution in [0.3, 0.4) is 0 Å². The molecule has 0 bridgehead atoms. The highest BCUT2D eigenvalue weighted by Gasteiger charge is 2.11. The zero-order valence-electron chi connectivity index (χ0n) is 16.3. The molecule has 5 heteroatoms. The molecular weight excluding hydrogens is 384 g/mol. The summed E-state index contributed by atoms with van der Waals surface area (Å²) in [5, 5.41) is 0.693. The van der Waals surface area contributed by atoms with Gasteiger partial charge in [0.25, 0.3) is 0 Å². The summed E-state index contributed by atoms with van der Waals surface area (Å²) in [6.45, 7) is 3.93. The SMILES string of the molecule is Cc1ccc(OCCCn2c(COc3ccc(Cl)cc3)nc3ccccc32)cc1. The smallest absolute Gasteiger partial charge is 0.147 e. The molecule has 1 heterocycles. The third-order valence-electron chi connectivity index (χ3n) is 4.73. The Bertz CT molecular complexity index is 1070. The molecule has 29 heavy (non-hydrogen) atoms. The van der Waals surface area contributed by atoms with Gasteiger partial charge in [0.2, 0.25) is 0 Å². The Balaban J connectivity index is 1.43. The van der Waals surface area contributed by atoms with E-state index in [4.69, 9.17) is 26.1 Å². The lowest BCUT2D eigenvalue weighted by Gasteiger charge is -2.11. The molecule has 0 saturated heterocycles. The highest BCUT2D eigenvalue weighted by Crippen LogP contribution is 2.20. The number of aromatic nitrogens is 2. The first-order valence-electron chi connectivity index (χ1n) is 9.71. The van der Waals surface area contributed by atoms with E-state index in [1.807, 2.05) is 54.6 Å². The summed E-state index contributed by atoms with van der Waals surface area (Å²) in [7, 11) is 0. The number of para-hydroxylation sites is 2. The lowest BCUT2D eigenvalue weighted by Crippen LogP contribution is -2.10. The third-order valence-corrected chi connectivity index (χ3v) is 4.98. The molecule has 1 aromatic heterocycles. The van der Waals surface area contributed by atoms with Gasteiger partial charge in [-0.1, -0.05) is 41.4 Å². The average Bonchev–Trinajstić information content (AvgIpc) is 3.10. The van der Waals surface area contributed by atoms with Crippen LogP contribution in [0.2, 0.25) is 5.02 Å². The van der Waals surface area contributed by atoms with Crippen LogP contribution >= 0.6 is 11.6 Å². The number of rotatable bonds is 8. The van der Waals surface area contributed by atoms with Gasteiger partial charge in [0.05, 0.1) is 17.6 Å². The van der Waals surface area contributed by atoms with Crippen molar-refractivity contribution in [2.45, 2.75) is 26.5 Å². The predicted octanol–water partition coefficient (Wildman–Crippen LogP) is 6.05. The fraction of sp³-hybridized carbons (Fsp3) is 0.208. The minimum atomic E-state index is 0.398. The number of nitrogens with zero attached hydrogens (tertiary/aromatic N) is 2. The Morgan fingerprint density at radius 1 is 0.862 bits per heavy atom. The number of imidazole rings is 1. The Labute approximate surface area is 175 Å². The molecule has 4 nitrogen and oxygen atoms in total. The van der Waals surface area contributed by atoms with Crippen molar-refractivity contribution in [3.63, 3.8) is 0 Å². The van der Waals surface area contributed by atoms with Crippen molar-refractivity contribution in [1.29, 1.82) is 0 Å². The average molecular weight is 407 g/mol. The van der Waals surface area contributed by atoms with Gasteiger partial charge in [0.15, 0.2) is 0 Å². The molecule has 148 valence electrons. The Morgan fingerprint density at radius 3 is 2.34 bits per heavy atom. The zero-order valence-corrected chi connectivity index (χ0v) is 17.1. The van der Waals surface area contributed by atoms with Crippen molar-refractivity contribution in [3.05, 3.63) is 89.2 Å². The van der Waals surface area contributed by atoms with E-state index in [0.29, 0.717) is 18.2 Å². The largest absolute Gasteiger partial charge is 0.494 e. The van der Waals surface area contributed by atoms with Gasteiger partial charge in [-0.2, -0.15) is 0 Å². The predicted molar refractivity (Wildman–Crippen MR) is 117 cm³/mol. The molecule has 0 fully saturated rings. The lowest BCUT2D eigenvalue weighted by molar-refractivity contribution is 0.280. The van der Waals surface area contributed by atoms with Crippen LogP contribution in [0.5, 0.6) is 11.5 Å². The lowest BCUT2D eigenvalue weighted by atomic mass is 10.2. The van der Waals surface area contributed by atoms with Gasteiger partial charge in [-0.15, -0.1) is 0 Å². The van der Waals surface area contributed by atoms with E-state index in [1.54, 1.807) is 0 Å². The Kier molecular flexibility index (Phi) is 6.01. The maximum atomic E-state index is 5.95. The van der Waals surface area contributed by atoms with Gasteiger partial charge in [-0.3, -0.25) is 0 Å². The fourth-order valence-corrected chi connectivity index (χ4v) is 3.34. The minimum Gasteiger partial charge on any atom is -0.494 e. The highest BCUT2D eigenvalue weighted by molar-refractivity contribution is 6.30. The molecule has 3 aromatic carbocycles. The number of halogens is 1. The van der Waals surface area contributed by atoms with Crippen LogP contribution in [0.4, 0.5) is 0 Å². The third kappa shape index (κ3) is 4.90. The molecule has 0 amide bonds. The van der Waals surface area contributed by atoms with Gasteiger partial charge in [-0.05, 0) is 61.9 Å². The fourth-order valence-electron chi connectivity index (χ4n) is 3.21. The molecule has 0 radical (unpaired) electrons. The summed E-state index contributed by atoms with van der Waals surface area (Å²) < 4.78 is 14.0. The number of hydrogen-bond acceptors (Lipinski definition) is 3. The zero-order chi connectivity index (χ0) is 20.1. The quantitative estimate of drug-likeness (QED) is 0.334. The molecule has 0 aliphatic heterocycles. The van der Waals surface area contributed by atoms with E-state index in [0.717, 1.165) is 41.3 Å². The number of fused-ring (bicyclic) bond motifs is 1. The molecule has 4 aromatic rings. The number of ether oxygens (including phenoxy) is 2. The van der Waals surface area contributed by atoms with Crippen molar-refractivity contribution < 1.29 is 9.47 Å². The first-order valence-corrected chi connectivity index (χ1v) is 10.1. The van der Waals surface area contributed by atoms with E-state index in [9.17, 15) is 0 Å². The highest BCUT2D eigenvalue weighted by atomic mass is 35.5. The topological polar surface area (TPSA) is 36.3 Å². The second-order valence-electron chi connectivity index (χ2n) is 6.93. The van der Waals surface area contributed by atoms with Crippen molar-refractivity contribution >= 4 is 22.6 Å². The normalized spacial score (nSPS) is 11.0. The van der Waals surface area contributed by atoms with E-state index in [-0.39, 0.29) is 0 Å². The van der Waals surface area contributed by atoms with Crippen LogP contribution in [0.1, 0.15) is 17.8 Å². The summed E-state index contributed by atoms with van der Waals surface area (Å²) in [4.78, 5) is 4.76. The Morgan fingerprint density at radius 2 is 1.55 bits per heavy atom. The Hall–Kier alpha value is -2.98. The minimum absolute atomic E-state index is 0.398. The molecular formula is C24H23ClN2O2. The summed E-state index contributed by atoms with van der Waals surface area (Å²) >= 11 is 5.95. The van der Waals surface area contributed by atoms with Crippen LogP contribution in [0.25, 0.3) is 11.0 Å². The van der Waals surface area contributed by atoms with Gasteiger partial charge >= 0.3 is 0 Å². The molecule has 0 aliphatic carbocycles. The van der Waals surface area contributed by atoms with Crippen molar-refractivity contribution in [3.8, 4) is 11.5 Å². The van der Waals surface area contributed by atoms with Crippen LogP contribution in [-0.2, 0) is 13.2 Å². The standard InChI is InChI=1S/C24H23ClN2O2/c1-18-7-11-20(12-8-18)28-16-4-15-27-23-6-3-2-5-22(23)26-24(27)17-29-21-13-9-19(25)10-14-21/h2-3,5-14H,4,15-17H2,1H3. The molecule has 0 saturated carbocycles. The van der Waals surface area contributed by atoms with Crippen LogP contribution in [0, 0.1) is 6.92 Å². The van der Waals surface area contributed by atoms with E-state index >= 15 is 0 Å². The van der Waals surface area contributed by atoms with Crippen LogP contribution in [-0.4, -0.2) is 16.2 Å². The first-order chi connectivity index (χ1) is 14.2. The summed E-state index contributed by atoms with van der Waals surface area (Å²) in [6.07, 6.45) is 0.877. The second kappa shape index (κ2) is 9.01. The van der Waals surface area contributed by atoms with Crippen LogP contribution < -0.4 is 9.47 Å². The molecule has 4 rings (SSSR count). The summed E-state index contributed by atoms with van der Waals surface area (Å²) in [5.41, 5.74) is 3.31. The number of hydrogen-bond donors (Lipinski definition) is 0. The number of benzene rings is 3. The number of aryl methyl sites for hydroxylation is 2. The summed E-state index contributed by atoms with van der Waals surface area (Å²) in [5.74, 6) is 2.57. The van der Waals surface area contributed by atoms with E-state index < -0.39 is 0 Å². The van der Waals surface area contributed by atoms with E-state index in [1.165, 1.54) is 5.56 Å². The van der Waals surface area contributed by atoms with Gasteiger partial charge in [-0.25, -0.2) is 4.98 Å². The summed E-state index contributed by atoms with van der Waals surface area (Å²) in [6, 6.07) is 23.7. The first kappa shape index (κ1) is 19.3. The van der Waals surface area contributed by atoms with Gasteiger partial charge in [0.1, 0.15) is 23.9 Å². The molecule has 0 spiro atoms. The van der Waals surface area contributed by atoms with Crippen LogP contribution in [0.15, 0.2) is 72.8 Å². The van der Waals surface area contributed by atoms with Crippen molar-refractivity contribution in [2.75, 3.05) is 6.61 Å². The van der Waals surface area contributed by atoms with Crippen molar-refractivity contribution in [1.82, 2.24) is 9.55 Å². The maximum absolute atomic E-state index is 5.95. The molecule has 0 N–H and O–H groups in total. The monoisotopic (exact) mass is 406 g/mol. The molecule has 0 atom stereocenters. The second-order valence-corrected chi connectivity index (χ2v) is 7.36. The van der Waals surface area contributed by atoms with Crippen molar-refractivity contribution in [2.24, 2.45) is 0 Å².